The van der Waals surface area contributed by atoms with Crippen molar-refractivity contribution in [3.8, 4) is 0 Å². The van der Waals surface area contributed by atoms with Crippen molar-refractivity contribution in [1.29, 1.82) is 0 Å². The van der Waals surface area contributed by atoms with Gasteiger partial charge in [0, 0.05) is 6.61 Å². The Bertz CT molecular complexity index is 198. The lowest BCUT2D eigenvalue weighted by atomic mass is 10.0. The van der Waals surface area contributed by atoms with E-state index >= 15 is 0 Å². The van der Waals surface area contributed by atoms with Crippen LogP contribution in [0.25, 0.3) is 0 Å². The van der Waals surface area contributed by atoms with Crippen molar-refractivity contribution in [3.05, 3.63) is 0 Å². The van der Waals surface area contributed by atoms with Gasteiger partial charge in [0.2, 0.25) is 0 Å². The lowest BCUT2D eigenvalue weighted by molar-refractivity contribution is -0.147. The van der Waals surface area contributed by atoms with Gasteiger partial charge in [-0.05, 0) is 26.8 Å². The van der Waals surface area contributed by atoms with Gasteiger partial charge in [-0.3, -0.25) is 4.79 Å². The summed E-state index contributed by atoms with van der Waals surface area (Å²) < 4.78 is 10.4. The molecule has 0 fully saturated rings. The average Bonchev–Trinajstić information content (AvgIpc) is 2.26. The van der Waals surface area contributed by atoms with Crippen LogP contribution in [0.2, 0.25) is 0 Å². The molecule has 0 saturated carbocycles. The van der Waals surface area contributed by atoms with Gasteiger partial charge in [0.1, 0.15) is 5.54 Å². The Hall–Kier alpha value is -0.650. The molecule has 0 bridgehead atoms. The minimum atomic E-state index is -1.01. The lowest BCUT2D eigenvalue weighted by Crippen LogP contribution is -2.53. The molecule has 5 nitrogen and oxygen atoms in total. The van der Waals surface area contributed by atoms with E-state index < -0.39 is 11.5 Å². The maximum atomic E-state index is 11.1. The summed E-state index contributed by atoms with van der Waals surface area (Å²) in [5.41, 5.74) is -1.01. The first-order chi connectivity index (χ1) is 7.56. The first kappa shape index (κ1) is 15.3. The third kappa shape index (κ3) is 6.05. The molecule has 0 aliphatic carbocycles. The molecule has 0 aromatic rings. The van der Waals surface area contributed by atoms with Crippen molar-refractivity contribution < 1.29 is 19.4 Å². The fraction of sp³-hybridized carbons (Fsp3) is 0.909. The van der Waals surface area contributed by atoms with Crippen LogP contribution in [-0.2, 0) is 14.3 Å². The number of hydrogen-bond donors (Lipinski definition) is 2. The van der Waals surface area contributed by atoms with E-state index in [1.165, 1.54) is 0 Å². The van der Waals surface area contributed by atoms with Crippen molar-refractivity contribution in [1.82, 2.24) is 5.32 Å². The highest BCUT2D eigenvalue weighted by molar-refractivity contribution is 5.78. The van der Waals surface area contributed by atoms with Crippen molar-refractivity contribution in [2.45, 2.75) is 32.7 Å². The fourth-order valence-electron chi connectivity index (χ4n) is 1.13. The number of hydrogen-bond acceptors (Lipinski definition) is 4. The lowest BCUT2D eigenvalue weighted by Gasteiger charge is -2.25. The van der Waals surface area contributed by atoms with E-state index in [-0.39, 0.29) is 6.61 Å². The third-order valence-electron chi connectivity index (χ3n) is 2.20. The highest BCUT2D eigenvalue weighted by atomic mass is 16.5. The first-order valence-corrected chi connectivity index (χ1v) is 5.70. The molecule has 1 unspecified atom stereocenters. The van der Waals surface area contributed by atoms with Crippen LogP contribution in [0.1, 0.15) is 27.2 Å². The van der Waals surface area contributed by atoms with E-state index in [1.54, 1.807) is 6.92 Å². The molecule has 0 aliphatic heterocycles. The molecule has 0 aromatic carbocycles. The van der Waals surface area contributed by atoms with Gasteiger partial charge in [-0.2, -0.15) is 0 Å². The Kier molecular flexibility index (Phi) is 8.15. The van der Waals surface area contributed by atoms with Gasteiger partial charge in [-0.25, -0.2) is 0 Å². The highest BCUT2D eigenvalue weighted by Gasteiger charge is 2.32. The van der Waals surface area contributed by atoms with Crippen molar-refractivity contribution in [3.63, 3.8) is 0 Å². The Morgan fingerprint density at radius 1 is 1.31 bits per heavy atom. The van der Waals surface area contributed by atoms with Crippen LogP contribution in [0.3, 0.4) is 0 Å². The molecule has 96 valence electrons. The summed E-state index contributed by atoms with van der Waals surface area (Å²) in [6, 6.07) is 0. The van der Waals surface area contributed by atoms with Crippen LogP contribution in [0, 0.1) is 0 Å². The van der Waals surface area contributed by atoms with Crippen LogP contribution >= 0.6 is 0 Å². The number of carboxylic acid groups (broad SMARTS) is 1. The van der Waals surface area contributed by atoms with Crippen molar-refractivity contribution in [2.24, 2.45) is 0 Å². The summed E-state index contributed by atoms with van der Waals surface area (Å²) in [5.74, 6) is -0.891. The van der Waals surface area contributed by atoms with Gasteiger partial charge in [0.05, 0.1) is 19.8 Å². The van der Waals surface area contributed by atoms with E-state index in [9.17, 15) is 4.79 Å². The van der Waals surface area contributed by atoms with Crippen LogP contribution in [-0.4, -0.2) is 49.6 Å². The second-order valence-electron chi connectivity index (χ2n) is 3.81. The summed E-state index contributed by atoms with van der Waals surface area (Å²) >= 11 is 0. The largest absolute Gasteiger partial charge is 0.480 e. The summed E-state index contributed by atoms with van der Waals surface area (Å²) in [6.45, 7) is 7.91. The van der Waals surface area contributed by atoms with Gasteiger partial charge in [0.25, 0.3) is 0 Å². The summed E-state index contributed by atoms with van der Waals surface area (Å²) in [5, 5.41) is 12.1. The molecule has 2 N–H and O–H groups in total. The molecule has 5 heteroatoms. The van der Waals surface area contributed by atoms with Gasteiger partial charge in [-0.1, -0.05) is 6.92 Å². The predicted octanol–water partition coefficient (Wildman–Crippen LogP) is 0.882. The Morgan fingerprint density at radius 3 is 2.44 bits per heavy atom. The standard InChI is InChI=1S/C11H23NO4/c1-4-6-12-11(3,10(13)14)9-16-8-7-15-5-2/h12H,4-9H2,1-3H3,(H,13,14). The van der Waals surface area contributed by atoms with Gasteiger partial charge < -0.3 is 19.9 Å². The Labute approximate surface area is 97.1 Å². The summed E-state index contributed by atoms with van der Waals surface area (Å²) in [6.07, 6.45) is 0.891. The number of rotatable bonds is 10. The molecule has 16 heavy (non-hydrogen) atoms. The van der Waals surface area contributed by atoms with Crippen molar-refractivity contribution in [2.75, 3.05) is 33.0 Å². The molecule has 0 radical (unpaired) electrons. The van der Waals surface area contributed by atoms with Crippen LogP contribution in [0.5, 0.6) is 0 Å². The van der Waals surface area contributed by atoms with Crippen molar-refractivity contribution >= 4 is 5.97 Å². The molecular formula is C11H23NO4. The molecule has 0 aromatic heterocycles. The summed E-state index contributed by atoms with van der Waals surface area (Å²) in [7, 11) is 0. The molecule has 1 atom stereocenters. The average molecular weight is 233 g/mol. The molecular weight excluding hydrogens is 210 g/mol. The quantitative estimate of drug-likeness (QED) is 0.548. The van der Waals surface area contributed by atoms with E-state index in [0.717, 1.165) is 6.42 Å². The summed E-state index contributed by atoms with van der Waals surface area (Å²) in [4.78, 5) is 11.1. The number of carboxylic acids is 1. The second-order valence-corrected chi connectivity index (χ2v) is 3.81. The minimum absolute atomic E-state index is 0.148. The third-order valence-corrected chi connectivity index (χ3v) is 2.20. The van der Waals surface area contributed by atoms with E-state index in [0.29, 0.717) is 26.4 Å². The topological polar surface area (TPSA) is 67.8 Å². The zero-order valence-corrected chi connectivity index (χ0v) is 10.4. The van der Waals surface area contributed by atoms with Crippen LogP contribution in [0.15, 0.2) is 0 Å². The first-order valence-electron chi connectivity index (χ1n) is 5.70. The zero-order chi connectivity index (χ0) is 12.4. The number of ether oxygens (including phenoxy) is 2. The van der Waals surface area contributed by atoms with Gasteiger partial charge in [-0.15, -0.1) is 0 Å². The van der Waals surface area contributed by atoms with Gasteiger partial charge >= 0.3 is 5.97 Å². The van der Waals surface area contributed by atoms with E-state index in [2.05, 4.69) is 5.32 Å². The molecule has 0 aliphatic rings. The smallest absolute Gasteiger partial charge is 0.326 e. The Morgan fingerprint density at radius 2 is 1.94 bits per heavy atom. The van der Waals surface area contributed by atoms with Crippen LogP contribution < -0.4 is 5.32 Å². The van der Waals surface area contributed by atoms with Crippen LogP contribution in [0.4, 0.5) is 0 Å². The maximum Gasteiger partial charge on any atom is 0.326 e. The van der Waals surface area contributed by atoms with Gasteiger partial charge in [0.15, 0.2) is 0 Å². The molecule has 0 rings (SSSR count). The zero-order valence-electron chi connectivity index (χ0n) is 10.4. The predicted molar refractivity (Wildman–Crippen MR) is 61.6 cm³/mol. The molecule has 0 heterocycles. The number of aliphatic carboxylic acids is 1. The second kappa shape index (κ2) is 8.50. The molecule has 0 saturated heterocycles. The SMILES string of the molecule is CCCNC(C)(COCCOCC)C(=O)O. The van der Waals surface area contributed by atoms with E-state index in [4.69, 9.17) is 14.6 Å². The monoisotopic (exact) mass is 233 g/mol. The number of carbonyl (C=O) groups is 1. The Balaban J connectivity index is 3.88. The normalized spacial score (nSPS) is 14.7. The minimum Gasteiger partial charge on any atom is -0.480 e. The fourth-order valence-corrected chi connectivity index (χ4v) is 1.13. The molecule has 0 amide bonds. The molecule has 0 spiro atoms. The van der Waals surface area contributed by atoms with E-state index in [1.807, 2.05) is 13.8 Å². The number of nitrogens with one attached hydrogen (secondary N) is 1. The highest BCUT2D eigenvalue weighted by Crippen LogP contribution is 2.05. The maximum absolute atomic E-state index is 11.1.